The van der Waals surface area contributed by atoms with Gasteiger partial charge in [0, 0.05) is 24.1 Å². The highest BCUT2D eigenvalue weighted by Crippen LogP contribution is 2.16. The van der Waals surface area contributed by atoms with Crippen molar-refractivity contribution in [2.45, 2.75) is 33.6 Å². The van der Waals surface area contributed by atoms with E-state index < -0.39 is 0 Å². The van der Waals surface area contributed by atoms with Gasteiger partial charge in [-0.1, -0.05) is 24.3 Å². The first kappa shape index (κ1) is 19.2. The number of aromatic hydroxyl groups is 1. The number of hydrazone groups is 1. The molecule has 2 amide bonds. The smallest absolute Gasteiger partial charge is 0.240 e. The molecule has 2 aromatic rings. The van der Waals surface area contributed by atoms with Crippen LogP contribution in [0.2, 0.25) is 0 Å². The Hall–Kier alpha value is -3.15. The molecule has 2 aromatic carbocycles. The Labute approximate surface area is 152 Å². The molecule has 6 heteroatoms. The summed E-state index contributed by atoms with van der Waals surface area (Å²) in [4.78, 5) is 23.9. The second-order valence-electron chi connectivity index (χ2n) is 6.15. The predicted molar refractivity (Wildman–Crippen MR) is 102 cm³/mol. The number of carbonyl (C=O) groups excluding carboxylic acids is 2. The first-order valence-electron chi connectivity index (χ1n) is 8.35. The zero-order chi connectivity index (χ0) is 19.1. The van der Waals surface area contributed by atoms with Gasteiger partial charge in [0.1, 0.15) is 5.75 Å². The van der Waals surface area contributed by atoms with Crippen molar-refractivity contribution in [3.05, 3.63) is 59.2 Å². The average molecular weight is 353 g/mol. The van der Waals surface area contributed by atoms with E-state index >= 15 is 0 Å². The van der Waals surface area contributed by atoms with Crippen molar-refractivity contribution < 1.29 is 14.7 Å². The number of carbonyl (C=O) groups is 2. The molecule has 136 valence electrons. The summed E-state index contributed by atoms with van der Waals surface area (Å²) in [6.45, 7) is 5.60. The molecular weight excluding hydrogens is 330 g/mol. The van der Waals surface area contributed by atoms with Crippen LogP contribution in [0.3, 0.4) is 0 Å². The highest BCUT2D eigenvalue weighted by Gasteiger charge is 2.09. The SMILES string of the molecule is C/C(=N/NC(=O)CCC(=O)Nc1cc(C)ccc1C)c1cccc(O)c1. The fraction of sp³-hybridized carbons (Fsp3) is 0.250. The van der Waals surface area contributed by atoms with E-state index in [9.17, 15) is 14.7 Å². The summed E-state index contributed by atoms with van der Waals surface area (Å²) < 4.78 is 0. The molecule has 0 heterocycles. The molecule has 0 unspecified atom stereocenters. The lowest BCUT2D eigenvalue weighted by Crippen LogP contribution is -2.22. The second-order valence-corrected chi connectivity index (χ2v) is 6.15. The number of phenolic OH excluding ortho intramolecular Hbond substituents is 1. The summed E-state index contributed by atoms with van der Waals surface area (Å²) >= 11 is 0. The normalized spacial score (nSPS) is 11.1. The molecule has 0 saturated heterocycles. The van der Waals surface area contributed by atoms with Crippen LogP contribution in [-0.2, 0) is 9.59 Å². The van der Waals surface area contributed by atoms with Crippen molar-refractivity contribution >= 4 is 23.2 Å². The first-order valence-corrected chi connectivity index (χ1v) is 8.35. The summed E-state index contributed by atoms with van der Waals surface area (Å²) in [7, 11) is 0. The number of hydrogen-bond acceptors (Lipinski definition) is 4. The van der Waals surface area contributed by atoms with Crippen LogP contribution in [0.15, 0.2) is 47.6 Å². The maximum absolute atomic E-state index is 12.0. The van der Waals surface area contributed by atoms with E-state index in [1.54, 1.807) is 31.2 Å². The monoisotopic (exact) mass is 353 g/mol. The average Bonchev–Trinajstić information content (AvgIpc) is 2.61. The van der Waals surface area contributed by atoms with Crippen LogP contribution in [0.25, 0.3) is 0 Å². The van der Waals surface area contributed by atoms with Gasteiger partial charge in [-0.15, -0.1) is 0 Å². The zero-order valence-electron chi connectivity index (χ0n) is 15.2. The van der Waals surface area contributed by atoms with Crippen LogP contribution >= 0.6 is 0 Å². The quantitative estimate of drug-likeness (QED) is 0.550. The molecule has 0 fully saturated rings. The van der Waals surface area contributed by atoms with Crippen LogP contribution in [-0.4, -0.2) is 22.6 Å². The highest BCUT2D eigenvalue weighted by molar-refractivity contribution is 5.99. The van der Waals surface area contributed by atoms with Gasteiger partial charge in [-0.3, -0.25) is 9.59 Å². The number of amides is 2. The molecule has 0 spiro atoms. The molecular formula is C20H23N3O3. The van der Waals surface area contributed by atoms with Crippen molar-refractivity contribution in [1.29, 1.82) is 0 Å². The van der Waals surface area contributed by atoms with Gasteiger partial charge >= 0.3 is 0 Å². The number of nitrogens with zero attached hydrogens (tertiary/aromatic N) is 1. The van der Waals surface area contributed by atoms with Crippen LogP contribution in [0.5, 0.6) is 5.75 Å². The maximum Gasteiger partial charge on any atom is 0.240 e. The number of aryl methyl sites for hydroxylation is 2. The lowest BCUT2D eigenvalue weighted by molar-refractivity contribution is -0.124. The van der Waals surface area contributed by atoms with Crippen LogP contribution in [0, 0.1) is 13.8 Å². The summed E-state index contributed by atoms with van der Waals surface area (Å²) in [6.07, 6.45) is 0.105. The Balaban J connectivity index is 1.83. The van der Waals surface area contributed by atoms with Gasteiger partial charge < -0.3 is 10.4 Å². The van der Waals surface area contributed by atoms with Crippen molar-refractivity contribution in [1.82, 2.24) is 5.43 Å². The van der Waals surface area contributed by atoms with E-state index in [2.05, 4.69) is 15.8 Å². The first-order chi connectivity index (χ1) is 12.3. The minimum Gasteiger partial charge on any atom is -0.508 e. The van der Waals surface area contributed by atoms with E-state index in [-0.39, 0.29) is 30.4 Å². The number of anilines is 1. The van der Waals surface area contributed by atoms with Gasteiger partial charge in [0.05, 0.1) is 5.71 Å². The minimum absolute atomic E-state index is 0.0352. The molecule has 6 nitrogen and oxygen atoms in total. The summed E-state index contributed by atoms with van der Waals surface area (Å²) in [5.74, 6) is -0.436. The van der Waals surface area contributed by atoms with E-state index in [4.69, 9.17) is 0 Å². The van der Waals surface area contributed by atoms with Gasteiger partial charge in [0.15, 0.2) is 0 Å². The van der Waals surface area contributed by atoms with E-state index in [0.717, 1.165) is 16.8 Å². The maximum atomic E-state index is 12.0. The van der Waals surface area contributed by atoms with Gasteiger partial charge in [-0.2, -0.15) is 5.10 Å². The zero-order valence-corrected chi connectivity index (χ0v) is 15.2. The Morgan fingerprint density at radius 1 is 1.04 bits per heavy atom. The molecule has 0 saturated carbocycles. The number of hydrogen-bond donors (Lipinski definition) is 3. The molecule has 3 N–H and O–H groups in total. The van der Waals surface area contributed by atoms with Crippen LogP contribution in [0.1, 0.15) is 36.5 Å². The minimum atomic E-state index is -0.347. The third-order valence-corrected chi connectivity index (χ3v) is 3.86. The summed E-state index contributed by atoms with van der Waals surface area (Å²) in [6, 6.07) is 12.4. The van der Waals surface area contributed by atoms with Crippen molar-refractivity contribution in [3.63, 3.8) is 0 Å². The Kier molecular flexibility index (Phi) is 6.49. The molecule has 0 aliphatic heterocycles. The van der Waals surface area contributed by atoms with E-state index in [1.807, 2.05) is 32.0 Å². The summed E-state index contributed by atoms with van der Waals surface area (Å²) in [5, 5.41) is 16.3. The fourth-order valence-corrected chi connectivity index (χ4v) is 2.31. The molecule has 0 radical (unpaired) electrons. The largest absolute Gasteiger partial charge is 0.508 e. The van der Waals surface area contributed by atoms with Crippen molar-refractivity contribution in [3.8, 4) is 5.75 Å². The fourth-order valence-electron chi connectivity index (χ4n) is 2.31. The Morgan fingerprint density at radius 2 is 1.77 bits per heavy atom. The molecule has 0 aromatic heterocycles. The van der Waals surface area contributed by atoms with Crippen LogP contribution < -0.4 is 10.7 Å². The molecule has 0 atom stereocenters. The molecule has 0 bridgehead atoms. The lowest BCUT2D eigenvalue weighted by atomic mass is 10.1. The molecule has 0 aliphatic carbocycles. The number of nitrogens with one attached hydrogen (secondary N) is 2. The van der Waals surface area contributed by atoms with Crippen molar-refractivity contribution in [2.75, 3.05) is 5.32 Å². The van der Waals surface area contributed by atoms with Gasteiger partial charge in [-0.25, -0.2) is 5.43 Å². The number of rotatable bonds is 6. The van der Waals surface area contributed by atoms with Gasteiger partial charge in [-0.05, 0) is 50.1 Å². The predicted octanol–water partition coefficient (Wildman–Crippen LogP) is 3.27. The highest BCUT2D eigenvalue weighted by atomic mass is 16.3. The molecule has 26 heavy (non-hydrogen) atoms. The standard InChI is InChI=1S/C20H23N3O3/c1-13-7-8-14(2)18(11-13)21-19(25)9-10-20(26)23-22-15(3)16-5-4-6-17(24)12-16/h4-8,11-12,24H,9-10H2,1-3H3,(H,21,25)(H,23,26)/b22-15-. The van der Waals surface area contributed by atoms with Crippen LogP contribution in [0.4, 0.5) is 5.69 Å². The Morgan fingerprint density at radius 3 is 2.50 bits per heavy atom. The van der Waals surface area contributed by atoms with Crippen molar-refractivity contribution in [2.24, 2.45) is 5.10 Å². The second kappa shape index (κ2) is 8.80. The van der Waals surface area contributed by atoms with E-state index in [0.29, 0.717) is 11.3 Å². The third-order valence-electron chi connectivity index (χ3n) is 3.86. The number of benzene rings is 2. The van der Waals surface area contributed by atoms with E-state index in [1.165, 1.54) is 0 Å². The third kappa shape index (κ3) is 5.73. The Bertz CT molecular complexity index is 844. The molecule has 0 aliphatic rings. The van der Waals surface area contributed by atoms with Gasteiger partial charge in [0.2, 0.25) is 11.8 Å². The number of phenols is 1. The lowest BCUT2D eigenvalue weighted by Gasteiger charge is -2.09. The topological polar surface area (TPSA) is 90.8 Å². The summed E-state index contributed by atoms with van der Waals surface area (Å²) in [5.41, 5.74) is 6.48. The van der Waals surface area contributed by atoms with Gasteiger partial charge in [0.25, 0.3) is 0 Å². The molecule has 2 rings (SSSR count).